The fourth-order valence-electron chi connectivity index (χ4n) is 2.51. The van der Waals surface area contributed by atoms with E-state index in [1.165, 1.54) is 18.5 Å². The molecule has 0 amide bonds. The second kappa shape index (κ2) is 5.45. The second-order valence-corrected chi connectivity index (χ2v) is 6.04. The minimum atomic E-state index is -0.953. The van der Waals surface area contributed by atoms with Crippen molar-refractivity contribution >= 4 is 10.9 Å². The van der Waals surface area contributed by atoms with Gasteiger partial charge in [-0.15, -0.1) is 0 Å². The van der Waals surface area contributed by atoms with Crippen LogP contribution in [0.4, 0.5) is 4.39 Å². The van der Waals surface area contributed by atoms with Crippen LogP contribution < -0.4 is 0 Å². The molecule has 0 saturated carbocycles. The van der Waals surface area contributed by atoms with Crippen molar-refractivity contribution in [1.29, 1.82) is 5.26 Å². The van der Waals surface area contributed by atoms with E-state index >= 15 is 0 Å². The van der Waals surface area contributed by atoms with Crippen LogP contribution in [0.15, 0.2) is 36.8 Å². The van der Waals surface area contributed by atoms with Crippen LogP contribution in [-0.4, -0.2) is 25.5 Å². The van der Waals surface area contributed by atoms with E-state index in [-0.39, 0.29) is 6.54 Å². The van der Waals surface area contributed by atoms with Gasteiger partial charge in [-0.05, 0) is 26.0 Å². The Morgan fingerprint density at radius 2 is 2.09 bits per heavy atom. The maximum Gasteiger partial charge on any atom is 0.133 e. The number of halogens is 1. The first-order valence-corrected chi connectivity index (χ1v) is 7.11. The first-order valence-electron chi connectivity index (χ1n) is 7.11. The number of rotatable bonds is 3. The summed E-state index contributed by atoms with van der Waals surface area (Å²) in [7, 11) is 0. The van der Waals surface area contributed by atoms with Gasteiger partial charge < -0.3 is 5.11 Å². The van der Waals surface area contributed by atoms with Gasteiger partial charge in [0.15, 0.2) is 0 Å². The van der Waals surface area contributed by atoms with Gasteiger partial charge in [0, 0.05) is 35.0 Å². The Hall–Kier alpha value is -2.78. The topological polar surface area (TPSA) is 74.7 Å². The number of hydrogen-bond donors (Lipinski definition) is 1. The lowest BCUT2D eigenvalue weighted by atomic mass is 10.0. The molecule has 0 unspecified atom stereocenters. The lowest BCUT2D eigenvalue weighted by Crippen LogP contribution is -2.26. The third-order valence-electron chi connectivity index (χ3n) is 3.50. The number of pyridine rings is 1. The van der Waals surface area contributed by atoms with Crippen LogP contribution in [0.1, 0.15) is 19.4 Å². The molecule has 0 aliphatic rings. The van der Waals surface area contributed by atoms with Gasteiger partial charge in [0.1, 0.15) is 5.82 Å². The highest BCUT2D eigenvalue weighted by molar-refractivity contribution is 5.86. The number of aliphatic hydroxyl groups is 1. The number of fused-ring (bicyclic) bond motifs is 1. The van der Waals surface area contributed by atoms with Gasteiger partial charge in [0.05, 0.1) is 35.5 Å². The monoisotopic (exact) mass is 310 g/mol. The summed E-state index contributed by atoms with van der Waals surface area (Å²) >= 11 is 0. The van der Waals surface area contributed by atoms with Crippen LogP contribution in [0.25, 0.3) is 22.0 Å². The lowest BCUT2D eigenvalue weighted by molar-refractivity contribution is 0.0591. The van der Waals surface area contributed by atoms with E-state index in [1.54, 1.807) is 36.9 Å². The molecule has 2 aromatic heterocycles. The van der Waals surface area contributed by atoms with Crippen molar-refractivity contribution < 1.29 is 9.50 Å². The van der Waals surface area contributed by atoms with Crippen LogP contribution in [0.3, 0.4) is 0 Å². The molecule has 23 heavy (non-hydrogen) atoms. The van der Waals surface area contributed by atoms with Gasteiger partial charge in [-0.1, -0.05) is 0 Å². The van der Waals surface area contributed by atoms with Crippen LogP contribution in [0.2, 0.25) is 0 Å². The average Bonchev–Trinajstić information content (AvgIpc) is 2.86. The van der Waals surface area contributed by atoms with Crippen LogP contribution in [-0.2, 0) is 6.54 Å². The Morgan fingerprint density at radius 3 is 2.78 bits per heavy atom. The SMILES string of the molecule is CC(C)(O)Cn1ncc2cc(-c3cnccc3C#N)c(F)cc21. The quantitative estimate of drug-likeness (QED) is 0.807. The molecule has 0 aliphatic heterocycles. The van der Waals surface area contributed by atoms with Crippen molar-refractivity contribution in [3.05, 3.63) is 48.2 Å². The van der Waals surface area contributed by atoms with E-state index in [2.05, 4.69) is 10.1 Å². The standard InChI is InChI=1S/C17H15FN4O/c1-17(2,23)10-22-16-6-15(18)13(5-12(16)8-21-22)14-9-20-4-3-11(14)7-19/h3-6,8-9,23H,10H2,1-2H3. The number of hydrogen-bond acceptors (Lipinski definition) is 4. The van der Waals surface area contributed by atoms with Crippen molar-refractivity contribution in [1.82, 2.24) is 14.8 Å². The van der Waals surface area contributed by atoms with Gasteiger partial charge in [0.2, 0.25) is 0 Å². The summed E-state index contributed by atoms with van der Waals surface area (Å²) in [5, 5.41) is 24.0. The molecule has 3 rings (SSSR count). The van der Waals surface area contributed by atoms with Crippen molar-refractivity contribution in [3.63, 3.8) is 0 Å². The molecule has 6 heteroatoms. The molecule has 0 spiro atoms. The van der Waals surface area contributed by atoms with Gasteiger partial charge in [-0.2, -0.15) is 10.4 Å². The zero-order valence-electron chi connectivity index (χ0n) is 12.8. The van der Waals surface area contributed by atoms with Gasteiger partial charge in [0.25, 0.3) is 0 Å². The normalized spacial score (nSPS) is 11.6. The molecule has 1 aromatic carbocycles. The minimum Gasteiger partial charge on any atom is -0.389 e. The Labute approximate surface area is 132 Å². The minimum absolute atomic E-state index is 0.256. The van der Waals surface area contributed by atoms with Crippen LogP contribution in [0.5, 0.6) is 0 Å². The molecule has 0 atom stereocenters. The first kappa shape index (κ1) is 15.1. The molecule has 0 radical (unpaired) electrons. The number of aromatic nitrogens is 3. The van der Waals surface area contributed by atoms with E-state index in [0.29, 0.717) is 22.2 Å². The predicted octanol–water partition coefficient (Wildman–Crippen LogP) is 2.88. The van der Waals surface area contributed by atoms with E-state index < -0.39 is 11.4 Å². The molecule has 0 bridgehead atoms. The molecular formula is C17H15FN4O. The van der Waals surface area contributed by atoms with Crippen LogP contribution >= 0.6 is 0 Å². The first-order chi connectivity index (χ1) is 10.9. The average molecular weight is 310 g/mol. The summed E-state index contributed by atoms with van der Waals surface area (Å²) in [6.45, 7) is 3.59. The van der Waals surface area contributed by atoms with E-state index in [1.807, 2.05) is 6.07 Å². The second-order valence-electron chi connectivity index (χ2n) is 6.04. The molecule has 1 N–H and O–H groups in total. The fraction of sp³-hybridized carbons (Fsp3) is 0.235. The van der Waals surface area contributed by atoms with Gasteiger partial charge >= 0.3 is 0 Å². The van der Waals surface area contributed by atoms with Crippen molar-refractivity contribution in [2.24, 2.45) is 0 Å². The fourth-order valence-corrected chi connectivity index (χ4v) is 2.51. The highest BCUT2D eigenvalue weighted by Gasteiger charge is 2.18. The zero-order valence-corrected chi connectivity index (χ0v) is 12.8. The van der Waals surface area contributed by atoms with E-state index in [0.717, 1.165) is 5.39 Å². The Morgan fingerprint density at radius 1 is 1.30 bits per heavy atom. The summed E-state index contributed by atoms with van der Waals surface area (Å²) in [6, 6.07) is 6.62. The Kier molecular flexibility index (Phi) is 3.58. The predicted molar refractivity (Wildman–Crippen MR) is 83.9 cm³/mol. The lowest BCUT2D eigenvalue weighted by Gasteiger charge is -2.17. The third kappa shape index (κ3) is 2.91. The van der Waals surface area contributed by atoms with E-state index in [9.17, 15) is 14.8 Å². The summed E-state index contributed by atoms with van der Waals surface area (Å²) < 4.78 is 16.1. The molecule has 5 nitrogen and oxygen atoms in total. The summed E-state index contributed by atoms with van der Waals surface area (Å²) in [5.41, 5.74) is 0.762. The molecule has 3 aromatic rings. The third-order valence-corrected chi connectivity index (χ3v) is 3.50. The van der Waals surface area contributed by atoms with E-state index in [4.69, 9.17) is 0 Å². The molecule has 0 aliphatic carbocycles. The van der Waals surface area contributed by atoms with Gasteiger partial charge in [-0.3, -0.25) is 9.67 Å². The molecule has 0 saturated heterocycles. The molecular weight excluding hydrogens is 295 g/mol. The summed E-state index contributed by atoms with van der Waals surface area (Å²) in [6.07, 6.45) is 4.59. The van der Waals surface area contributed by atoms with Gasteiger partial charge in [-0.25, -0.2) is 4.39 Å². The summed E-state index contributed by atoms with van der Waals surface area (Å²) in [5.74, 6) is -0.459. The van der Waals surface area contributed by atoms with Crippen molar-refractivity contribution in [2.45, 2.75) is 26.0 Å². The number of nitriles is 1. The number of nitrogens with zero attached hydrogens (tertiary/aromatic N) is 4. The smallest absolute Gasteiger partial charge is 0.133 e. The maximum atomic E-state index is 14.6. The highest BCUT2D eigenvalue weighted by atomic mass is 19.1. The maximum absolute atomic E-state index is 14.6. The Balaban J connectivity index is 2.15. The van der Waals surface area contributed by atoms with Crippen molar-refractivity contribution in [2.75, 3.05) is 0 Å². The van der Waals surface area contributed by atoms with Crippen LogP contribution in [0, 0.1) is 17.1 Å². The van der Waals surface area contributed by atoms with Crippen molar-refractivity contribution in [3.8, 4) is 17.2 Å². The zero-order chi connectivity index (χ0) is 16.6. The molecule has 0 fully saturated rings. The molecule has 2 heterocycles. The largest absolute Gasteiger partial charge is 0.389 e. The molecule has 116 valence electrons. The Bertz CT molecular complexity index is 918. The highest BCUT2D eigenvalue weighted by Crippen LogP contribution is 2.29. The summed E-state index contributed by atoms with van der Waals surface area (Å²) in [4.78, 5) is 3.97. The number of benzene rings is 1.